The molecule has 0 radical (unpaired) electrons. The number of aromatic nitrogens is 3. The lowest BCUT2D eigenvalue weighted by Crippen LogP contribution is -2.37. The molecule has 3 rings (SSSR count). The van der Waals surface area contributed by atoms with Crippen molar-refractivity contribution in [2.75, 3.05) is 36.5 Å². The summed E-state index contributed by atoms with van der Waals surface area (Å²) < 4.78 is 5.33. The van der Waals surface area contributed by atoms with Crippen molar-refractivity contribution in [3.8, 4) is 0 Å². The third kappa shape index (κ3) is 3.80. The molecule has 1 fully saturated rings. The van der Waals surface area contributed by atoms with Crippen molar-refractivity contribution >= 4 is 23.4 Å². The summed E-state index contributed by atoms with van der Waals surface area (Å²) in [4.78, 5) is 6.63. The Labute approximate surface area is 128 Å². The molecule has 7 heteroatoms. The quantitative estimate of drug-likeness (QED) is 0.932. The molecule has 1 N–H and O–H groups in total. The fraction of sp³-hybridized carbons (Fsp3) is 0.357. The Morgan fingerprint density at radius 1 is 1.19 bits per heavy atom. The zero-order chi connectivity index (χ0) is 14.5. The minimum atomic E-state index is 0.522. The molecule has 1 saturated heterocycles. The molecule has 1 aliphatic heterocycles. The smallest absolute Gasteiger partial charge is 0.244 e. The average Bonchev–Trinajstić information content (AvgIpc) is 2.55. The number of anilines is 2. The van der Waals surface area contributed by atoms with Gasteiger partial charge in [0.2, 0.25) is 5.95 Å². The van der Waals surface area contributed by atoms with Crippen LogP contribution in [-0.2, 0) is 11.3 Å². The van der Waals surface area contributed by atoms with Gasteiger partial charge < -0.3 is 15.0 Å². The van der Waals surface area contributed by atoms with E-state index < -0.39 is 0 Å². The van der Waals surface area contributed by atoms with Crippen LogP contribution in [0.15, 0.2) is 30.5 Å². The molecule has 0 aliphatic carbocycles. The molecule has 0 bridgehead atoms. The first-order valence-corrected chi connectivity index (χ1v) is 7.20. The highest BCUT2D eigenvalue weighted by molar-refractivity contribution is 6.30. The van der Waals surface area contributed by atoms with Gasteiger partial charge in [-0.1, -0.05) is 23.7 Å². The second kappa shape index (κ2) is 6.69. The van der Waals surface area contributed by atoms with Gasteiger partial charge in [0, 0.05) is 24.7 Å². The molecule has 110 valence electrons. The zero-order valence-electron chi connectivity index (χ0n) is 11.5. The number of nitrogens with one attached hydrogen (secondary N) is 1. The minimum Gasteiger partial charge on any atom is -0.378 e. The van der Waals surface area contributed by atoms with E-state index in [-0.39, 0.29) is 0 Å². The van der Waals surface area contributed by atoms with Gasteiger partial charge in [-0.05, 0) is 17.7 Å². The van der Waals surface area contributed by atoms with E-state index in [0.717, 1.165) is 42.7 Å². The van der Waals surface area contributed by atoms with Crippen molar-refractivity contribution in [2.45, 2.75) is 6.54 Å². The standard InChI is InChI=1S/C14H16ClN5O/c15-12-3-1-11(2-4-12)9-16-14-18-13(10-17-19-14)20-5-7-21-8-6-20/h1-4,10H,5-9H2,(H,16,18,19). The van der Waals surface area contributed by atoms with E-state index in [2.05, 4.69) is 25.4 Å². The lowest BCUT2D eigenvalue weighted by molar-refractivity contribution is 0.122. The van der Waals surface area contributed by atoms with Gasteiger partial charge in [0.25, 0.3) is 0 Å². The van der Waals surface area contributed by atoms with Crippen LogP contribution >= 0.6 is 11.6 Å². The molecule has 0 amide bonds. The van der Waals surface area contributed by atoms with Crippen molar-refractivity contribution in [1.82, 2.24) is 15.2 Å². The Morgan fingerprint density at radius 2 is 1.95 bits per heavy atom. The zero-order valence-corrected chi connectivity index (χ0v) is 12.3. The van der Waals surface area contributed by atoms with Gasteiger partial charge in [0.15, 0.2) is 5.82 Å². The van der Waals surface area contributed by atoms with Gasteiger partial charge in [-0.3, -0.25) is 0 Å². The van der Waals surface area contributed by atoms with E-state index in [0.29, 0.717) is 12.5 Å². The van der Waals surface area contributed by atoms with Gasteiger partial charge in [-0.25, -0.2) is 0 Å². The van der Waals surface area contributed by atoms with Gasteiger partial charge in [0.05, 0.1) is 19.4 Å². The number of benzene rings is 1. The molecule has 1 aromatic carbocycles. The lowest BCUT2D eigenvalue weighted by Gasteiger charge is -2.27. The molecular weight excluding hydrogens is 290 g/mol. The number of morpholine rings is 1. The first kappa shape index (κ1) is 14.0. The van der Waals surface area contributed by atoms with Crippen LogP contribution in [0.3, 0.4) is 0 Å². The fourth-order valence-corrected chi connectivity index (χ4v) is 2.22. The van der Waals surface area contributed by atoms with Crippen LogP contribution in [0.5, 0.6) is 0 Å². The van der Waals surface area contributed by atoms with Gasteiger partial charge in [-0.15, -0.1) is 5.10 Å². The molecule has 0 atom stereocenters. The van der Waals surface area contributed by atoms with Crippen LogP contribution < -0.4 is 10.2 Å². The van der Waals surface area contributed by atoms with Crippen molar-refractivity contribution in [3.63, 3.8) is 0 Å². The van der Waals surface area contributed by atoms with E-state index in [4.69, 9.17) is 16.3 Å². The molecule has 1 aliphatic rings. The average molecular weight is 306 g/mol. The summed E-state index contributed by atoms with van der Waals surface area (Å²) >= 11 is 5.86. The van der Waals surface area contributed by atoms with E-state index >= 15 is 0 Å². The molecule has 21 heavy (non-hydrogen) atoms. The summed E-state index contributed by atoms with van der Waals surface area (Å²) in [5, 5.41) is 11.9. The van der Waals surface area contributed by atoms with E-state index in [9.17, 15) is 0 Å². The highest BCUT2D eigenvalue weighted by atomic mass is 35.5. The predicted molar refractivity (Wildman–Crippen MR) is 81.6 cm³/mol. The SMILES string of the molecule is Clc1ccc(CNc2nncc(N3CCOCC3)n2)cc1. The Bertz CT molecular complexity index is 586. The second-order valence-electron chi connectivity index (χ2n) is 4.72. The van der Waals surface area contributed by atoms with Crippen LogP contribution in [0.2, 0.25) is 5.02 Å². The molecule has 2 heterocycles. The van der Waals surface area contributed by atoms with Gasteiger partial charge in [-0.2, -0.15) is 10.1 Å². The molecule has 0 unspecified atom stereocenters. The number of halogens is 1. The second-order valence-corrected chi connectivity index (χ2v) is 5.15. The van der Waals surface area contributed by atoms with Gasteiger partial charge >= 0.3 is 0 Å². The third-order valence-electron chi connectivity index (χ3n) is 3.25. The first-order valence-electron chi connectivity index (χ1n) is 6.82. The molecule has 1 aromatic heterocycles. The largest absolute Gasteiger partial charge is 0.378 e. The lowest BCUT2D eigenvalue weighted by atomic mass is 10.2. The van der Waals surface area contributed by atoms with Crippen LogP contribution in [0, 0.1) is 0 Å². The first-order chi connectivity index (χ1) is 10.3. The number of hydrogen-bond donors (Lipinski definition) is 1. The van der Waals surface area contributed by atoms with Crippen LogP contribution in [-0.4, -0.2) is 41.5 Å². The highest BCUT2D eigenvalue weighted by Gasteiger charge is 2.13. The molecule has 6 nitrogen and oxygen atoms in total. The van der Waals surface area contributed by atoms with E-state index in [1.807, 2.05) is 24.3 Å². The number of rotatable bonds is 4. The Kier molecular flexibility index (Phi) is 4.47. The summed E-state index contributed by atoms with van der Waals surface area (Å²) in [6.07, 6.45) is 1.68. The number of hydrogen-bond acceptors (Lipinski definition) is 6. The maximum Gasteiger partial charge on any atom is 0.244 e. The van der Waals surface area contributed by atoms with Crippen LogP contribution in [0.4, 0.5) is 11.8 Å². The summed E-state index contributed by atoms with van der Waals surface area (Å²) in [6, 6.07) is 7.66. The van der Waals surface area contributed by atoms with Crippen molar-refractivity contribution in [2.24, 2.45) is 0 Å². The fourth-order valence-electron chi connectivity index (χ4n) is 2.10. The van der Waals surface area contributed by atoms with Crippen molar-refractivity contribution in [1.29, 1.82) is 0 Å². The third-order valence-corrected chi connectivity index (χ3v) is 3.50. The van der Waals surface area contributed by atoms with Crippen molar-refractivity contribution in [3.05, 3.63) is 41.0 Å². The normalized spacial score (nSPS) is 15.0. The Hall–Kier alpha value is -1.92. The van der Waals surface area contributed by atoms with Crippen LogP contribution in [0.25, 0.3) is 0 Å². The maximum absolute atomic E-state index is 5.86. The Balaban J connectivity index is 1.64. The predicted octanol–water partition coefficient (Wildman–Crippen LogP) is 1.97. The summed E-state index contributed by atoms with van der Waals surface area (Å²) in [5.41, 5.74) is 1.11. The number of ether oxygens (including phenoxy) is 1. The topological polar surface area (TPSA) is 63.2 Å². The summed E-state index contributed by atoms with van der Waals surface area (Å²) in [5.74, 6) is 1.35. The minimum absolute atomic E-state index is 0.522. The van der Waals surface area contributed by atoms with E-state index in [1.54, 1.807) is 6.20 Å². The molecule has 0 spiro atoms. The monoisotopic (exact) mass is 305 g/mol. The van der Waals surface area contributed by atoms with E-state index in [1.165, 1.54) is 0 Å². The van der Waals surface area contributed by atoms with Crippen LogP contribution in [0.1, 0.15) is 5.56 Å². The highest BCUT2D eigenvalue weighted by Crippen LogP contribution is 2.14. The summed E-state index contributed by atoms with van der Waals surface area (Å²) in [7, 11) is 0. The summed E-state index contributed by atoms with van der Waals surface area (Å²) in [6.45, 7) is 3.73. The van der Waals surface area contributed by atoms with Gasteiger partial charge in [0.1, 0.15) is 0 Å². The number of nitrogens with zero attached hydrogens (tertiary/aromatic N) is 4. The molecular formula is C14H16ClN5O. The molecule has 0 saturated carbocycles. The Morgan fingerprint density at radius 3 is 2.71 bits per heavy atom. The van der Waals surface area contributed by atoms with Crippen molar-refractivity contribution < 1.29 is 4.74 Å². The maximum atomic E-state index is 5.86. The molecule has 2 aromatic rings.